The zero-order valence-corrected chi connectivity index (χ0v) is 18.3. The van der Waals surface area contributed by atoms with E-state index in [1.54, 1.807) is 35.2 Å². The molecule has 0 radical (unpaired) electrons. The molecule has 1 aliphatic rings. The number of halogens is 1. The van der Waals surface area contributed by atoms with Gasteiger partial charge in [-0.3, -0.25) is 9.59 Å². The summed E-state index contributed by atoms with van der Waals surface area (Å²) < 4.78 is 11.8. The average Bonchev–Trinajstić information content (AvgIpc) is 2.78. The van der Waals surface area contributed by atoms with Crippen molar-refractivity contribution in [2.45, 2.75) is 0 Å². The van der Waals surface area contributed by atoms with E-state index >= 15 is 0 Å². The number of carbonyl (C=O) groups excluding carboxylic acids is 2. The molecule has 8 heteroatoms. The van der Waals surface area contributed by atoms with Crippen molar-refractivity contribution in [3.05, 3.63) is 63.2 Å². The molecule has 1 N–H and O–H groups in total. The summed E-state index contributed by atoms with van der Waals surface area (Å²) in [6, 6.07) is 16.3. The van der Waals surface area contributed by atoms with Gasteiger partial charge >= 0.3 is 0 Å². The van der Waals surface area contributed by atoms with E-state index in [2.05, 4.69) is 27.9 Å². The van der Waals surface area contributed by atoms with E-state index in [1.807, 2.05) is 30.3 Å². The van der Waals surface area contributed by atoms with Gasteiger partial charge < -0.3 is 19.7 Å². The Labute approximate surface area is 188 Å². The van der Waals surface area contributed by atoms with E-state index in [-0.39, 0.29) is 24.0 Å². The van der Waals surface area contributed by atoms with Crippen molar-refractivity contribution >= 4 is 46.2 Å². The lowest BCUT2D eigenvalue weighted by Gasteiger charge is -2.26. The molecule has 0 saturated carbocycles. The maximum Gasteiger partial charge on any atom is 0.264 e. The maximum atomic E-state index is 12.5. The predicted octanol–water partition coefficient (Wildman–Crippen LogP) is 3.07. The van der Waals surface area contributed by atoms with Crippen LogP contribution >= 0.6 is 22.6 Å². The van der Waals surface area contributed by atoms with Crippen LogP contribution in [0.15, 0.2) is 54.1 Å². The molecule has 2 aromatic rings. The van der Waals surface area contributed by atoms with Crippen LogP contribution in [0.1, 0.15) is 5.56 Å². The third kappa shape index (κ3) is 6.30. The van der Waals surface area contributed by atoms with Crippen molar-refractivity contribution in [2.75, 3.05) is 38.2 Å². The van der Waals surface area contributed by atoms with Crippen LogP contribution in [0.2, 0.25) is 0 Å². The first-order valence-corrected chi connectivity index (χ1v) is 10.4. The van der Waals surface area contributed by atoms with Crippen LogP contribution in [0, 0.1) is 14.9 Å². The quantitative estimate of drug-likeness (QED) is 0.362. The summed E-state index contributed by atoms with van der Waals surface area (Å²) in [6.45, 7) is 1.80. The van der Waals surface area contributed by atoms with Gasteiger partial charge in [-0.05, 0) is 70.6 Å². The molecule has 7 nitrogen and oxygen atoms in total. The van der Waals surface area contributed by atoms with Crippen LogP contribution in [-0.2, 0) is 14.3 Å². The monoisotopic (exact) mass is 517 g/mol. The van der Waals surface area contributed by atoms with Crippen LogP contribution in [0.5, 0.6) is 5.75 Å². The van der Waals surface area contributed by atoms with Crippen molar-refractivity contribution in [1.29, 1.82) is 5.26 Å². The summed E-state index contributed by atoms with van der Waals surface area (Å²) >= 11 is 2.20. The Morgan fingerprint density at radius 3 is 2.43 bits per heavy atom. The number of hydrogen-bond acceptors (Lipinski definition) is 5. The number of ether oxygens (including phenoxy) is 2. The van der Waals surface area contributed by atoms with E-state index in [0.717, 1.165) is 3.57 Å². The largest absolute Gasteiger partial charge is 0.484 e. The highest BCUT2D eigenvalue weighted by atomic mass is 127. The third-order valence-electron chi connectivity index (χ3n) is 4.34. The van der Waals surface area contributed by atoms with Gasteiger partial charge in [-0.15, -0.1) is 0 Å². The Morgan fingerprint density at radius 2 is 1.80 bits per heavy atom. The number of carbonyl (C=O) groups is 2. The lowest BCUT2D eigenvalue weighted by atomic mass is 10.1. The molecule has 1 saturated heterocycles. The Bertz CT molecular complexity index is 959. The number of nitrogens with zero attached hydrogens (tertiary/aromatic N) is 2. The van der Waals surface area contributed by atoms with E-state index in [9.17, 15) is 14.9 Å². The molecule has 0 unspecified atom stereocenters. The van der Waals surface area contributed by atoms with Gasteiger partial charge in [-0.1, -0.05) is 12.1 Å². The number of rotatable bonds is 6. The van der Waals surface area contributed by atoms with Crippen LogP contribution in [-0.4, -0.2) is 49.6 Å². The van der Waals surface area contributed by atoms with Crippen LogP contribution < -0.4 is 10.1 Å². The molecule has 2 amide bonds. The highest BCUT2D eigenvalue weighted by molar-refractivity contribution is 14.1. The molecular weight excluding hydrogens is 497 g/mol. The molecule has 1 aliphatic heterocycles. The highest BCUT2D eigenvalue weighted by Gasteiger charge is 2.20. The second-order valence-corrected chi connectivity index (χ2v) is 7.73. The van der Waals surface area contributed by atoms with Gasteiger partial charge in [0.2, 0.25) is 0 Å². The molecule has 0 spiro atoms. The summed E-state index contributed by atoms with van der Waals surface area (Å²) in [5, 5.41) is 12.1. The van der Waals surface area contributed by atoms with Gasteiger partial charge in [0.05, 0.1) is 13.2 Å². The Kier molecular flexibility index (Phi) is 7.82. The van der Waals surface area contributed by atoms with Crippen LogP contribution in [0.25, 0.3) is 6.08 Å². The van der Waals surface area contributed by atoms with Crippen molar-refractivity contribution in [2.24, 2.45) is 0 Å². The fourth-order valence-electron chi connectivity index (χ4n) is 2.78. The fourth-order valence-corrected chi connectivity index (χ4v) is 3.14. The molecular formula is C22H20IN3O4. The van der Waals surface area contributed by atoms with Crippen molar-refractivity contribution in [3.63, 3.8) is 0 Å². The molecule has 154 valence electrons. The van der Waals surface area contributed by atoms with Crippen molar-refractivity contribution < 1.29 is 19.1 Å². The maximum absolute atomic E-state index is 12.5. The van der Waals surface area contributed by atoms with Crippen molar-refractivity contribution in [3.8, 4) is 11.8 Å². The number of benzene rings is 2. The van der Waals surface area contributed by atoms with Crippen molar-refractivity contribution in [1.82, 2.24) is 4.90 Å². The van der Waals surface area contributed by atoms with Crippen LogP contribution in [0.3, 0.4) is 0 Å². The van der Waals surface area contributed by atoms with Gasteiger partial charge in [0, 0.05) is 22.3 Å². The number of nitrogens with one attached hydrogen (secondary N) is 1. The number of hydrogen-bond donors (Lipinski definition) is 1. The fraction of sp³-hybridized carbons (Fsp3) is 0.227. The van der Waals surface area contributed by atoms with Gasteiger partial charge in [0.25, 0.3) is 11.8 Å². The zero-order chi connectivity index (χ0) is 21.3. The van der Waals surface area contributed by atoms with Gasteiger partial charge in [0.1, 0.15) is 17.4 Å². The number of nitriles is 1. The molecule has 1 fully saturated rings. The lowest BCUT2D eigenvalue weighted by Crippen LogP contribution is -2.41. The molecule has 1 heterocycles. The summed E-state index contributed by atoms with van der Waals surface area (Å²) in [5.74, 6) is -0.0422. The summed E-state index contributed by atoms with van der Waals surface area (Å²) in [6.07, 6.45) is 1.55. The molecule has 30 heavy (non-hydrogen) atoms. The van der Waals surface area contributed by atoms with E-state index in [1.165, 1.54) is 0 Å². The standard InChI is InChI=1S/C22H20IN3O4/c23-18-3-5-19(6-4-18)25-21(27)15-30-20-7-1-16(2-8-20)13-17(14-24)22(28)26-9-11-29-12-10-26/h1-8,13H,9-12,15H2,(H,25,27)/b17-13+. The summed E-state index contributed by atoms with van der Waals surface area (Å²) in [5.41, 5.74) is 1.48. The third-order valence-corrected chi connectivity index (χ3v) is 5.06. The first kappa shape index (κ1) is 21.8. The number of morpholine rings is 1. The summed E-state index contributed by atoms with van der Waals surface area (Å²) in [4.78, 5) is 26.1. The normalized spacial score (nSPS) is 14.0. The molecule has 0 aliphatic carbocycles. The van der Waals surface area contributed by atoms with Crippen LogP contribution in [0.4, 0.5) is 5.69 Å². The minimum atomic E-state index is -0.298. The topological polar surface area (TPSA) is 91.7 Å². The minimum Gasteiger partial charge on any atom is -0.484 e. The molecule has 0 atom stereocenters. The molecule has 0 bridgehead atoms. The van der Waals surface area contributed by atoms with E-state index < -0.39 is 0 Å². The Hall–Kier alpha value is -2.90. The van der Waals surface area contributed by atoms with E-state index in [4.69, 9.17) is 9.47 Å². The number of amides is 2. The molecule has 2 aromatic carbocycles. The average molecular weight is 517 g/mol. The van der Waals surface area contributed by atoms with Gasteiger partial charge in [-0.2, -0.15) is 5.26 Å². The second-order valence-electron chi connectivity index (χ2n) is 6.49. The second kappa shape index (κ2) is 10.8. The summed E-state index contributed by atoms with van der Waals surface area (Å²) in [7, 11) is 0. The number of anilines is 1. The van der Waals surface area contributed by atoms with Gasteiger partial charge in [-0.25, -0.2) is 0 Å². The Balaban J connectivity index is 1.55. The smallest absolute Gasteiger partial charge is 0.264 e. The minimum absolute atomic E-state index is 0.0717. The lowest BCUT2D eigenvalue weighted by molar-refractivity contribution is -0.130. The van der Waals surface area contributed by atoms with E-state index in [0.29, 0.717) is 43.3 Å². The zero-order valence-electron chi connectivity index (χ0n) is 16.1. The van der Waals surface area contributed by atoms with Gasteiger partial charge in [0.15, 0.2) is 6.61 Å². The first-order valence-electron chi connectivity index (χ1n) is 9.32. The Morgan fingerprint density at radius 1 is 1.13 bits per heavy atom. The molecule has 3 rings (SSSR count). The first-order chi connectivity index (χ1) is 14.5. The molecule has 0 aromatic heterocycles. The SMILES string of the molecule is N#C/C(=C\c1ccc(OCC(=O)Nc2ccc(I)cc2)cc1)C(=O)N1CCOCC1. The predicted molar refractivity (Wildman–Crippen MR) is 121 cm³/mol. The highest BCUT2D eigenvalue weighted by Crippen LogP contribution is 2.16.